The second kappa shape index (κ2) is 6.01. The Morgan fingerprint density at radius 3 is 2.74 bits per heavy atom. The normalized spacial score (nSPS) is 10.6. The van der Waals surface area contributed by atoms with Gasteiger partial charge in [0.2, 0.25) is 0 Å². The van der Waals surface area contributed by atoms with Crippen LogP contribution in [-0.2, 0) is 4.79 Å². The van der Waals surface area contributed by atoms with E-state index in [1.165, 1.54) is 23.7 Å². The Labute approximate surface area is 134 Å². The quantitative estimate of drug-likeness (QED) is 0.673. The lowest BCUT2D eigenvalue weighted by molar-refractivity contribution is -0.135. The van der Waals surface area contributed by atoms with Gasteiger partial charge in [-0.05, 0) is 17.5 Å². The Bertz CT molecular complexity index is 893. The number of aromatic hydroxyl groups is 1. The van der Waals surface area contributed by atoms with Gasteiger partial charge in [0.15, 0.2) is 0 Å². The molecule has 0 fully saturated rings. The minimum absolute atomic E-state index is 0.0831. The van der Waals surface area contributed by atoms with Crippen LogP contribution in [0.25, 0.3) is 21.5 Å². The number of rotatable bonds is 4. The number of phenolic OH excluding ortho intramolecular Hbond substituents is 1. The van der Waals surface area contributed by atoms with E-state index in [1.807, 2.05) is 11.4 Å². The summed E-state index contributed by atoms with van der Waals surface area (Å²) in [6.07, 6.45) is 2.89. The van der Waals surface area contributed by atoms with Crippen LogP contribution in [0.5, 0.6) is 5.75 Å². The molecule has 0 unspecified atom stereocenters. The van der Waals surface area contributed by atoms with Crippen molar-refractivity contribution in [2.75, 3.05) is 6.54 Å². The minimum atomic E-state index is -1.18. The van der Waals surface area contributed by atoms with Gasteiger partial charge in [-0.2, -0.15) is 0 Å². The fourth-order valence-corrected chi connectivity index (χ4v) is 2.92. The van der Waals surface area contributed by atoms with Gasteiger partial charge in [0.1, 0.15) is 23.4 Å². The first-order valence-corrected chi connectivity index (χ1v) is 7.46. The summed E-state index contributed by atoms with van der Waals surface area (Å²) in [7, 11) is 0. The highest BCUT2D eigenvalue weighted by molar-refractivity contribution is 7.13. The monoisotopic (exact) mass is 329 g/mol. The number of carboxylic acid groups (broad SMARTS) is 1. The van der Waals surface area contributed by atoms with Gasteiger partial charge in [-0.25, -0.2) is 0 Å². The molecule has 8 heteroatoms. The van der Waals surface area contributed by atoms with Crippen molar-refractivity contribution in [1.82, 2.24) is 15.3 Å². The standard InChI is InChI=1S/C15H11N3O4S/c19-11(20)7-18-15(22)12-13-9(16-3-4-17-13)6-8(14(12)21)10-2-1-5-23-10/h1-6,21H,7H2,(H,18,22)(H,19,20). The third-order valence-corrected chi connectivity index (χ3v) is 4.05. The molecule has 23 heavy (non-hydrogen) atoms. The smallest absolute Gasteiger partial charge is 0.322 e. The molecule has 0 aliphatic heterocycles. The van der Waals surface area contributed by atoms with Crippen LogP contribution in [0.15, 0.2) is 36.0 Å². The largest absolute Gasteiger partial charge is 0.506 e. The van der Waals surface area contributed by atoms with Crippen LogP contribution in [0.4, 0.5) is 0 Å². The van der Waals surface area contributed by atoms with E-state index in [-0.39, 0.29) is 16.8 Å². The van der Waals surface area contributed by atoms with E-state index in [4.69, 9.17) is 5.11 Å². The lowest BCUT2D eigenvalue weighted by atomic mass is 10.0. The Hall–Kier alpha value is -3.00. The molecule has 0 saturated heterocycles. The number of nitrogens with one attached hydrogen (secondary N) is 1. The van der Waals surface area contributed by atoms with Gasteiger partial charge >= 0.3 is 5.97 Å². The number of aromatic nitrogens is 2. The lowest BCUT2D eigenvalue weighted by Gasteiger charge is -2.11. The lowest BCUT2D eigenvalue weighted by Crippen LogP contribution is -2.29. The van der Waals surface area contributed by atoms with E-state index in [1.54, 1.807) is 12.1 Å². The zero-order valence-corrected chi connectivity index (χ0v) is 12.5. The number of carbonyl (C=O) groups is 2. The Balaban J connectivity index is 2.19. The van der Waals surface area contributed by atoms with Crippen LogP contribution < -0.4 is 5.32 Å². The zero-order chi connectivity index (χ0) is 16.4. The predicted molar refractivity (Wildman–Crippen MR) is 84.5 cm³/mol. The van der Waals surface area contributed by atoms with E-state index < -0.39 is 18.4 Å². The Kier molecular flexibility index (Phi) is 3.90. The van der Waals surface area contributed by atoms with Gasteiger partial charge in [-0.15, -0.1) is 11.3 Å². The van der Waals surface area contributed by atoms with Gasteiger partial charge in [-0.3, -0.25) is 19.6 Å². The number of carbonyl (C=O) groups excluding carboxylic acids is 1. The molecule has 7 nitrogen and oxygen atoms in total. The highest BCUT2D eigenvalue weighted by Crippen LogP contribution is 2.38. The molecule has 2 heterocycles. The van der Waals surface area contributed by atoms with Crippen LogP contribution in [0, 0.1) is 0 Å². The summed E-state index contributed by atoms with van der Waals surface area (Å²) in [4.78, 5) is 32.0. The summed E-state index contributed by atoms with van der Waals surface area (Å²) < 4.78 is 0. The Morgan fingerprint density at radius 2 is 2.04 bits per heavy atom. The average Bonchev–Trinajstić information content (AvgIpc) is 3.06. The number of hydrogen-bond acceptors (Lipinski definition) is 6. The predicted octanol–water partition coefficient (Wildman–Crippen LogP) is 1.88. The first-order valence-electron chi connectivity index (χ1n) is 6.58. The summed E-state index contributed by atoms with van der Waals surface area (Å²) in [6.45, 7) is -0.552. The highest BCUT2D eigenvalue weighted by Gasteiger charge is 2.22. The van der Waals surface area contributed by atoms with Crippen molar-refractivity contribution in [3.63, 3.8) is 0 Å². The molecule has 0 atom stereocenters. The molecular formula is C15H11N3O4S. The summed E-state index contributed by atoms with van der Waals surface area (Å²) in [5.74, 6) is -2.14. The van der Waals surface area contributed by atoms with Crippen LogP contribution in [-0.4, -0.2) is 38.6 Å². The minimum Gasteiger partial charge on any atom is -0.506 e. The SMILES string of the molecule is O=C(O)CNC(=O)c1c(O)c(-c2cccs2)cc2nccnc12. The van der Waals surface area contributed by atoms with Crippen molar-refractivity contribution >= 4 is 34.2 Å². The van der Waals surface area contributed by atoms with Crippen molar-refractivity contribution in [1.29, 1.82) is 0 Å². The average molecular weight is 329 g/mol. The molecular weight excluding hydrogens is 318 g/mol. The van der Waals surface area contributed by atoms with Crippen molar-refractivity contribution in [3.8, 4) is 16.2 Å². The zero-order valence-electron chi connectivity index (χ0n) is 11.7. The molecule has 0 radical (unpaired) electrons. The van der Waals surface area contributed by atoms with Crippen LogP contribution in [0.1, 0.15) is 10.4 Å². The number of aliphatic carboxylic acids is 1. The van der Waals surface area contributed by atoms with Crippen LogP contribution >= 0.6 is 11.3 Å². The summed E-state index contributed by atoms with van der Waals surface area (Å²) in [5, 5.41) is 23.3. The number of hydrogen-bond donors (Lipinski definition) is 3. The molecule has 0 aliphatic carbocycles. The fourth-order valence-electron chi connectivity index (χ4n) is 2.18. The van der Waals surface area contributed by atoms with E-state index in [2.05, 4.69) is 15.3 Å². The topological polar surface area (TPSA) is 112 Å². The summed E-state index contributed by atoms with van der Waals surface area (Å²) >= 11 is 1.40. The Morgan fingerprint density at radius 1 is 1.26 bits per heavy atom. The number of phenols is 1. The van der Waals surface area contributed by atoms with Crippen molar-refractivity contribution in [2.45, 2.75) is 0 Å². The second-order valence-corrected chi connectivity index (χ2v) is 5.57. The summed E-state index contributed by atoms with van der Waals surface area (Å²) in [5.41, 5.74) is 1.02. The molecule has 3 N–H and O–H groups in total. The van der Waals surface area contributed by atoms with E-state index >= 15 is 0 Å². The van der Waals surface area contributed by atoms with Crippen LogP contribution in [0.2, 0.25) is 0 Å². The van der Waals surface area contributed by atoms with E-state index in [9.17, 15) is 14.7 Å². The molecule has 116 valence electrons. The molecule has 1 aromatic carbocycles. The van der Waals surface area contributed by atoms with Gasteiger partial charge < -0.3 is 15.5 Å². The molecule has 0 bridgehead atoms. The highest BCUT2D eigenvalue weighted by atomic mass is 32.1. The van der Waals surface area contributed by atoms with Gasteiger partial charge in [0.25, 0.3) is 5.91 Å². The first-order chi connectivity index (χ1) is 11.1. The first kappa shape index (κ1) is 14.9. The van der Waals surface area contributed by atoms with Crippen LogP contribution in [0.3, 0.4) is 0 Å². The summed E-state index contributed by atoms with van der Waals surface area (Å²) in [6, 6.07) is 5.28. The number of fused-ring (bicyclic) bond motifs is 1. The number of carboxylic acids is 1. The third kappa shape index (κ3) is 2.84. The molecule has 0 spiro atoms. The van der Waals surface area contributed by atoms with E-state index in [0.717, 1.165) is 4.88 Å². The van der Waals surface area contributed by atoms with Crippen molar-refractivity contribution < 1.29 is 19.8 Å². The van der Waals surface area contributed by atoms with Gasteiger partial charge in [-0.1, -0.05) is 6.07 Å². The van der Waals surface area contributed by atoms with Gasteiger partial charge in [0, 0.05) is 22.8 Å². The van der Waals surface area contributed by atoms with Gasteiger partial charge in [0.05, 0.1) is 5.52 Å². The maximum absolute atomic E-state index is 12.3. The number of amides is 1. The number of benzene rings is 1. The molecule has 3 rings (SSSR count). The third-order valence-electron chi connectivity index (χ3n) is 3.15. The number of thiophene rings is 1. The second-order valence-electron chi connectivity index (χ2n) is 4.63. The maximum Gasteiger partial charge on any atom is 0.322 e. The molecule has 2 aromatic heterocycles. The fraction of sp³-hybridized carbons (Fsp3) is 0.0667. The van der Waals surface area contributed by atoms with E-state index in [0.29, 0.717) is 11.1 Å². The number of nitrogens with zero attached hydrogens (tertiary/aromatic N) is 2. The molecule has 0 saturated carbocycles. The van der Waals surface area contributed by atoms with Crippen molar-refractivity contribution in [2.24, 2.45) is 0 Å². The molecule has 3 aromatic rings. The molecule has 1 amide bonds. The van der Waals surface area contributed by atoms with Crippen molar-refractivity contribution in [3.05, 3.63) is 41.5 Å². The maximum atomic E-state index is 12.3. The molecule has 0 aliphatic rings.